The number of benzene rings is 2. The Morgan fingerprint density at radius 1 is 1.07 bits per heavy atom. The summed E-state index contributed by atoms with van der Waals surface area (Å²) in [6.45, 7) is 2.75. The van der Waals surface area contributed by atoms with E-state index in [1.165, 1.54) is 21.0 Å². The molecule has 0 bridgehead atoms. The first-order valence-electron chi connectivity index (χ1n) is 8.93. The Kier molecular flexibility index (Phi) is 5.07. The number of esters is 1. The minimum Gasteiger partial charge on any atom is -0.479 e. The molecular weight excluding hydrogens is 344 g/mol. The standard InChI is InChI=1S/C22H24O5/c1-15(23)27-19(21(2,26-3)20(24)25)18-14-22(18,16-10-6-4-7-11-16)17-12-8-5-9-13-17/h4-13,18-19H,14H2,1-3H3,(H,24,25). The van der Waals surface area contributed by atoms with Gasteiger partial charge in [-0.25, -0.2) is 4.79 Å². The van der Waals surface area contributed by atoms with E-state index in [9.17, 15) is 14.7 Å². The largest absolute Gasteiger partial charge is 0.479 e. The Bertz CT molecular complexity index is 778. The van der Waals surface area contributed by atoms with Gasteiger partial charge in [-0.15, -0.1) is 0 Å². The van der Waals surface area contributed by atoms with E-state index >= 15 is 0 Å². The van der Waals surface area contributed by atoms with E-state index < -0.39 is 29.1 Å². The molecule has 0 saturated heterocycles. The fourth-order valence-corrected chi connectivity index (χ4v) is 4.04. The summed E-state index contributed by atoms with van der Waals surface area (Å²) in [5.74, 6) is -1.89. The molecule has 3 rings (SSSR count). The Morgan fingerprint density at radius 2 is 1.56 bits per heavy atom. The van der Waals surface area contributed by atoms with E-state index in [2.05, 4.69) is 0 Å². The molecule has 0 aliphatic heterocycles. The third-order valence-electron chi connectivity index (χ3n) is 5.64. The summed E-state index contributed by atoms with van der Waals surface area (Å²) in [6, 6.07) is 19.9. The van der Waals surface area contributed by atoms with Gasteiger partial charge in [-0.2, -0.15) is 0 Å². The molecule has 3 unspecified atom stereocenters. The molecule has 142 valence electrons. The maximum Gasteiger partial charge on any atom is 0.339 e. The number of methoxy groups -OCH3 is 1. The summed E-state index contributed by atoms with van der Waals surface area (Å²) in [7, 11) is 1.33. The third kappa shape index (κ3) is 3.23. The van der Waals surface area contributed by atoms with Crippen LogP contribution in [-0.2, 0) is 24.5 Å². The van der Waals surface area contributed by atoms with Crippen LogP contribution in [0.3, 0.4) is 0 Å². The monoisotopic (exact) mass is 368 g/mol. The van der Waals surface area contributed by atoms with Crippen molar-refractivity contribution in [3.63, 3.8) is 0 Å². The number of carboxylic acids is 1. The summed E-state index contributed by atoms with van der Waals surface area (Å²) in [4.78, 5) is 23.8. The van der Waals surface area contributed by atoms with Gasteiger partial charge in [-0.1, -0.05) is 60.7 Å². The highest BCUT2D eigenvalue weighted by molar-refractivity contribution is 5.79. The number of rotatable bonds is 7. The van der Waals surface area contributed by atoms with Crippen molar-refractivity contribution in [2.45, 2.75) is 37.4 Å². The van der Waals surface area contributed by atoms with E-state index in [1.54, 1.807) is 0 Å². The SMILES string of the molecule is COC(C)(C(=O)O)C(OC(C)=O)C1CC1(c1ccccc1)c1ccccc1. The fourth-order valence-electron chi connectivity index (χ4n) is 4.04. The van der Waals surface area contributed by atoms with Crippen molar-refractivity contribution in [1.82, 2.24) is 0 Å². The normalized spacial score (nSPS) is 20.9. The Balaban J connectivity index is 2.11. The second kappa shape index (κ2) is 7.16. The van der Waals surface area contributed by atoms with Gasteiger partial charge in [-0.3, -0.25) is 4.79 Å². The smallest absolute Gasteiger partial charge is 0.339 e. The average Bonchev–Trinajstić information content (AvgIpc) is 3.43. The first-order chi connectivity index (χ1) is 12.9. The first-order valence-corrected chi connectivity index (χ1v) is 8.93. The molecule has 1 fully saturated rings. The lowest BCUT2D eigenvalue weighted by Crippen LogP contribution is -2.52. The maximum atomic E-state index is 12.0. The van der Waals surface area contributed by atoms with Gasteiger partial charge in [0.2, 0.25) is 0 Å². The Labute approximate surface area is 158 Å². The molecule has 27 heavy (non-hydrogen) atoms. The predicted molar refractivity (Wildman–Crippen MR) is 100 cm³/mol. The van der Waals surface area contributed by atoms with E-state index in [1.807, 2.05) is 60.7 Å². The van der Waals surface area contributed by atoms with Crippen LogP contribution in [0.25, 0.3) is 0 Å². The molecule has 1 N–H and O–H groups in total. The quantitative estimate of drug-likeness (QED) is 0.758. The van der Waals surface area contributed by atoms with Gasteiger partial charge in [0.25, 0.3) is 0 Å². The molecule has 1 saturated carbocycles. The first kappa shape index (κ1) is 19.1. The van der Waals surface area contributed by atoms with Gasteiger partial charge in [0.05, 0.1) is 0 Å². The lowest BCUT2D eigenvalue weighted by atomic mass is 9.81. The molecule has 2 aromatic carbocycles. The van der Waals surface area contributed by atoms with Crippen LogP contribution in [0.1, 0.15) is 31.4 Å². The summed E-state index contributed by atoms with van der Waals surface area (Å²) >= 11 is 0. The summed E-state index contributed by atoms with van der Waals surface area (Å²) < 4.78 is 10.9. The average molecular weight is 368 g/mol. The fraction of sp³-hybridized carbons (Fsp3) is 0.364. The van der Waals surface area contributed by atoms with Crippen molar-refractivity contribution in [3.8, 4) is 0 Å². The van der Waals surface area contributed by atoms with Crippen molar-refractivity contribution in [2.75, 3.05) is 7.11 Å². The highest BCUT2D eigenvalue weighted by atomic mass is 16.6. The number of hydrogen-bond donors (Lipinski definition) is 1. The topological polar surface area (TPSA) is 72.8 Å². The van der Waals surface area contributed by atoms with Gasteiger partial charge in [0.15, 0.2) is 5.60 Å². The second-order valence-electron chi connectivity index (χ2n) is 7.16. The molecular formula is C22H24O5. The predicted octanol–water partition coefficient (Wildman–Crippen LogP) is 3.41. The Hall–Kier alpha value is -2.66. The lowest BCUT2D eigenvalue weighted by Gasteiger charge is -2.34. The van der Waals surface area contributed by atoms with Crippen molar-refractivity contribution in [2.24, 2.45) is 5.92 Å². The van der Waals surface area contributed by atoms with Crippen molar-refractivity contribution >= 4 is 11.9 Å². The van der Waals surface area contributed by atoms with Crippen molar-refractivity contribution in [3.05, 3.63) is 71.8 Å². The van der Waals surface area contributed by atoms with Crippen LogP contribution in [0.2, 0.25) is 0 Å². The molecule has 1 aliphatic rings. The van der Waals surface area contributed by atoms with E-state index in [0.29, 0.717) is 6.42 Å². The van der Waals surface area contributed by atoms with Crippen LogP contribution < -0.4 is 0 Å². The van der Waals surface area contributed by atoms with Gasteiger partial charge in [0.1, 0.15) is 6.10 Å². The van der Waals surface area contributed by atoms with Gasteiger partial charge < -0.3 is 14.6 Å². The van der Waals surface area contributed by atoms with Crippen molar-refractivity contribution < 1.29 is 24.2 Å². The maximum absolute atomic E-state index is 12.0. The van der Waals surface area contributed by atoms with Crippen LogP contribution in [0.15, 0.2) is 60.7 Å². The molecule has 3 atom stereocenters. The lowest BCUT2D eigenvalue weighted by molar-refractivity contribution is -0.187. The number of carbonyl (C=O) groups excluding carboxylic acids is 1. The highest BCUT2D eigenvalue weighted by Crippen LogP contribution is 2.62. The van der Waals surface area contributed by atoms with Gasteiger partial charge in [-0.05, 0) is 24.5 Å². The van der Waals surface area contributed by atoms with Crippen LogP contribution in [-0.4, -0.2) is 35.9 Å². The molecule has 2 aromatic rings. The number of carbonyl (C=O) groups is 2. The van der Waals surface area contributed by atoms with Crippen LogP contribution in [0.5, 0.6) is 0 Å². The van der Waals surface area contributed by atoms with Crippen LogP contribution in [0, 0.1) is 5.92 Å². The van der Waals surface area contributed by atoms with Crippen molar-refractivity contribution in [1.29, 1.82) is 0 Å². The molecule has 0 aromatic heterocycles. The molecule has 0 heterocycles. The molecule has 5 heteroatoms. The van der Waals surface area contributed by atoms with Gasteiger partial charge >= 0.3 is 11.9 Å². The summed E-state index contributed by atoms with van der Waals surface area (Å²) in [5.41, 5.74) is 0.0869. The highest BCUT2D eigenvalue weighted by Gasteiger charge is 2.66. The molecule has 5 nitrogen and oxygen atoms in total. The number of ether oxygens (including phenoxy) is 2. The summed E-state index contributed by atoms with van der Waals surface area (Å²) in [5, 5.41) is 9.79. The van der Waals surface area contributed by atoms with E-state index in [-0.39, 0.29) is 5.92 Å². The zero-order chi connectivity index (χ0) is 19.7. The zero-order valence-corrected chi connectivity index (χ0v) is 15.7. The third-order valence-corrected chi connectivity index (χ3v) is 5.64. The van der Waals surface area contributed by atoms with Crippen LogP contribution in [0.4, 0.5) is 0 Å². The minimum atomic E-state index is -1.64. The second-order valence-corrected chi connectivity index (χ2v) is 7.16. The molecule has 1 aliphatic carbocycles. The number of hydrogen-bond acceptors (Lipinski definition) is 4. The summed E-state index contributed by atoms with van der Waals surface area (Å²) in [6.07, 6.45) is -0.247. The van der Waals surface area contributed by atoms with E-state index in [4.69, 9.17) is 9.47 Å². The molecule has 0 radical (unpaired) electrons. The number of aliphatic carboxylic acids is 1. The number of carboxylic acid groups (broad SMARTS) is 1. The molecule has 0 spiro atoms. The van der Waals surface area contributed by atoms with Crippen LogP contribution >= 0.6 is 0 Å². The Morgan fingerprint density at radius 3 is 1.93 bits per heavy atom. The van der Waals surface area contributed by atoms with E-state index in [0.717, 1.165) is 11.1 Å². The van der Waals surface area contributed by atoms with Gasteiger partial charge in [0, 0.05) is 25.4 Å². The zero-order valence-electron chi connectivity index (χ0n) is 15.7. The minimum absolute atomic E-state index is 0.216. The molecule has 0 amide bonds.